The fourth-order valence-corrected chi connectivity index (χ4v) is 2.44. The van der Waals surface area contributed by atoms with Crippen LogP contribution in [0.2, 0.25) is 0 Å². The molecule has 2 heterocycles. The number of hydrogen-bond donors (Lipinski definition) is 2. The number of Topliss-reactive ketones (excluding diaryl/α,β-unsaturated/α-hetero) is 1. The molecular weight excluding hydrogens is 176 g/mol. The molecule has 1 atom stereocenters. The third-order valence-electron chi connectivity index (χ3n) is 3.19. The van der Waals surface area contributed by atoms with Crippen LogP contribution in [0.4, 0.5) is 5.69 Å². The van der Waals surface area contributed by atoms with Gasteiger partial charge in [0.05, 0.1) is 0 Å². The topological polar surface area (TPSA) is 41.1 Å². The molecule has 0 saturated carbocycles. The molecule has 3 nitrogen and oxygen atoms in total. The second kappa shape index (κ2) is 2.58. The fraction of sp³-hybridized carbons (Fsp3) is 0.364. The zero-order valence-corrected chi connectivity index (χ0v) is 7.84. The molecule has 2 aliphatic rings. The number of nitrogens with one attached hydrogen (secondary N) is 2. The predicted octanol–water partition coefficient (Wildman–Crippen LogP) is 0.870. The lowest BCUT2D eigenvalue weighted by Gasteiger charge is -2.21. The smallest absolute Gasteiger partial charge is 0.160 e. The van der Waals surface area contributed by atoms with Crippen LogP contribution in [-0.4, -0.2) is 18.9 Å². The third kappa shape index (κ3) is 0.826. The highest BCUT2D eigenvalue weighted by Gasteiger charge is 2.47. The first-order valence-corrected chi connectivity index (χ1v) is 4.95. The van der Waals surface area contributed by atoms with Gasteiger partial charge in [-0.15, -0.1) is 0 Å². The molecule has 1 aromatic rings. The van der Waals surface area contributed by atoms with E-state index in [2.05, 4.69) is 10.6 Å². The summed E-state index contributed by atoms with van der Waals surface area (Å²) in [7, 11) is 0. The summed E-state index contributed by atoms with van der Waals surface area (Å²) in [6.45, 7) is 1.50. The van der Waals surface area contributed by atoms with Crippen molar-refractivity contribution < 1.29 is 4.79 Å². The molecule has 2 aliphatic heterocycles. The second-order valence-corrected chi connectivity index (χ2v) is 3.90. The molecule has 2 N–H and O–H groups in total. The maximum atomic E-state index is 11.9. The highest BCUT2D eigenvalue weighted by molar-refractivity contribution is 5.95. The van der Waals surface area contributed by atoms with Crippen LogP contribution in [0.3, 0.4) is 0 Å². The van der Waals surface area contributed by atoms with Crippen molar-refractivity contribution in [2.75, 3.05) is 18.4 Å². The zero-order chi connectivity index (χ0) is 9.60. The standard InChI is InChI=1S/C11H12N2O/c14-10-5-6-13-11(10)7-12-9-4-2-1-3-8(9)11/h1-4,12-13H,5-7H2. The summed E-state index contributed by atoms with van der Waals surface area (Å²) in [6, 6.07) is 8.04. The van der Waals surface area contributed by atoms with Crippen molar-refractivity contribution in [3.63, 3.8) is 0 Å². The fourth-order valence-electron chi connectivity index (χ4n) is 2.44. The van der Waals surface area contributed by atoms with Gasteiger partial charge in [0.15, 0.2) is 5.78 Å². The molecule has 1 saturated heterocycles. The number of para-hydroxylation sites is 1. The Morgan fingerprint density at radius 2 is 2.14 bits per heavy atom. The number of anilines is 1. The molecule has 0 bridgehead atoms. The van der Waals surface area contributed by atoms with E-state index in [1.807, 2.05) is 24.3 Å². The molecule has 1 unspecified atom stereocenters. The zero-order valence-electron chi connectivity index (χ0n) is 7.84. The van der Waals surface area contributed by atoms with Crippen LogP contribution in [0.15, 0.2) is 24.3 Å². The normalized spacial score (nSPS) is 29.3. The summed E-state index contributed by atoms with van der Waals surface area (Å²) < 4.78 is 0. The van der Waals surface area contributed by atoms with Crippen molar-refractivity contribution in [3.05, 3.63) is 29.8 Å². The quantitative estimate of drug-likeness (QED) is 0.634. The maximum absolute atomic E-state index is 11.9. The summed E-state index contributed by atoms with van der Waals surface area (Å²) in [5, 5.41) is 6.61. The first-order chi connectivity index (χ1) is 6.83. The number of rotatable bonds is 0. The molecule has 1 fully saturated rings. The SMILES string of the molecule is O=C1CCNC12CNc1ccccc12. The van der Waals surface area contributed by atoms with Crippen LogP contribution in [0.1, 0.15) is 12.0 Å². The summed E-state index contributed by atoms with van der Waals surface area (Å²) in [4.78, 5) is 11.9. The Labute approximate surface area is 82.5 Å². The van der Waals surface area contributed by atoms with Crippen LogP contribution >= 0.6 is 0 Å². The van der Waals surface area contributed by atoms with Gasteiger partial charge in [-0.25, -0.2) is 0 Å². The highest BCUT2D eigenvalue weighted by Crippen LogP contribution is 2.38. The Kier molecular flexibility index (Phi) is 1.47. The van der Waals surface area contributed by atoms with E-state index < -0.39 is 5.54 Å². The molecule has 0 aromatic heterocycles. The minimum atomic E-state index is -0.420. The van der Waals surface area contributed by atoms with E-state index in [-0.39, 0.29) is 0 Å². The van der Waals surface area contributed by atoms with Gasteiger partial charge in [0, 0.05) is 30.8 Å². The molecule has 0 aliphatic carbocycles. The van der Waals surface area contributed by atoms with Gasteiger partial charge in [0.1, 0.15) is 5.54 Å². The molecule has 3 rings (SSSR count). The van der Waals surface area contributed by atoms with E-state index >= 15 is 0 Å². The molecule has 14 heavy (non-hydrogen) atoms. The third-order valence-corrected chi connectivity index (χ3v) is 3.19. The Morgan fingerprint density at radius 3 is 2.93 bits per heavy atom. The molecule has 0 amide bonds. The Hall–Kier alpha value is -1.35. The summed E-state index contributed by atoms with van der Waals surface area (Å²) in [5.41, 5.74) is 1.79. The molecular formula is C11H12N2O. The van der Waals surface area contributed by atoms with E-state index in [0.29, 0.717) is 18.7 Å². The number of carbonyl (C=O) groups excluding carboxylic acids is 1. The summed E-state index contributed by atoms with van der Waals surface area (Å²) in [6.07, 6.45) is 0.649. The van der Waals surface area contributed by atoms with Gasteiger partial charge in [-0.1, -0.05) is 18.2 Å². The average molecular weight is 188 g/mol. The van der Waals surface area contributed by atoms with Crippen molar-refractivity contribution in [3.8, 4) is 0 Å². The van der Waals surface area contributed by atoms with Crippen LogP contribution in [0.5, 0.6) is 0 Å². The Bertz CT molecular complexity index is 402. The van der Waals surface area contributed by atoms with Gasteiger partial charge < -0.3 is 5.32 Å². The number of benzene rings is 1. The molecule has 0 radical (unpaired) electrons. The minimum absolute atomic E-state index is 0.315. The van der Waals surface area contributed by atoms with Crippen molar-refractivity contribution >= 4 is 11.5 Å². The summed E-state index contributed by atoms with van der Waals surface area (Å²) in [5.74, 6) is 0.315. The lowest BCUT2D eigenvalue weighted by molar-refractivity contribution is -0.122. The van der Waals surface area contributed by atoms with Crippen molar-refractivity contribution in [1.29, 1.82) is 0 Å². The first kappa shape index (κ1) is 8.00. The largest absolute Gasteiger partial charge is 0.382 e. The number of carbonyl (C=O) groups is 1. The van der Waals surface area contributed by atoms with E-state index in [4.69, 9.17) is 0 Å². The molecule has 1 aromatic carbocycles. The molecule has 1 spiro atoms. The Morgan fingerprint density at radius 1 is 1.29 bits per heavy atom. The van der Waals surface area contributed by atoms with Gasteiger partial charge >= 0.3 is 0 Å². The van der Waals surface area contributed by atoms with Crippen LogP contribution in [0, 0.1) is 0 Å². The van der Waals surface area contributed by atoms with Crippen molar-refractivity contribution in [2.24, 2.45) is 0 Å². The van der Waals surface area contributed by atoms with E-state index in [1.54, 1.807) is 0 Å². The van der Waals surface area contributed by atoms with E-state index in [1.165, 1.54) is 0 Å². The van der Waals surface area contributed by atoms with E-state index in [0.717, 1.165) is 17.8 Å². The number of hydrogen-bond acceptors (Lipinski definition) is 3. The van der Waals surface area contributed by atoms with Crippen molar-refractivity contribution in [1.82, 2.24) is 5.32 Å². The van der Waals surface area contributed by atoms with E-state index in [9.17, 15) is 4.79 Å². The monoisotopic (exact) mass is 188 g/mol. The van der Waals surface area contributed by atoms with Crippen molar-refractivity contribution in [2.45, 2.75) is 12.0 Å². The minimum Gasteiger partial charge on any atom is -0.382 e. The van der Waals surface area contributed by atoms with Gasteiger partial charge in [-0.05, 0) is 6.07 Å². The van der Waals surface area contributed by atoms with Gasteiger partial charge in [0.25, 0.3) is 0 Å². The predicted molar refractivity (Wildman–Crippen MR) is 54.2 cm³/mol. The highest BCUT2D eigenvalue weighted by atomic mass is 16.1. The molecule has 72 valence electrons. The van der Waals surface area contributed by atoms with Gasteiger partial charge in [-0.2, -0.15) is 0 Å². The number of fused-ring (bicyclic) bond motifs is 2. The molecule has 3 heteroatoms. The van der Waals surface area contributed by atoms with Crippen LogP contribution in [-0.2, 0) is 10.3 Å². The lowest BCUT2D eigenvalue weighted by atomic mass is 9.89. The maximum Gasteiger partial charge on any atom is 0.160 e. The van der Waals surface area contributed by atoms with Crippen LogP contribution < -0.4 is 10.6 Å². The Balaban J connectivity index is 2.17. The average Bonchev–Trinajstić information content (AvgIpc) is 2.76. The van der Waals surface area contributed by atoms with Gasteiger partial charge in [0.2, 0.25) is 0 Å². The van der Waals surface area contributed by atoms with Gasteiger partial charge in [-0.3, -0.25) is 10.1 Å². The van der Waals surface area contributed by atoms with Crippen LogP contribution in [0.25, 0.3) is 0 Å². The number of ketones is 1. The lowest BCUT2D eigenvalue weighted by Crippen LogP contribution is -2.44. The summed E-state index contributed by atoms with van der Waals surface area (Å²) >= 11 is 0. The first-order valence-electron chi connectivity index (χ1n) is 4.95. The second-order valence-electron chi connectivity index (χ2n) is 3.90.